The number of aliphatic hydroxyl groups is 1. The van der Waals surface area contributed by atoms with E-state index in [1.807, 2.05) is 0 Å². The molecule has 112 valence electrons. The highest BCUT2D eigenvalue weighted by Crippen LogP contribution is 2.37. The van der Waals surface area contributed by atoms with Gasteiger partial charge in [-0.3, -0.25) is 4.90 Å². The highest BCUT2D eigenvalue weighted by molar-refractivity contribution is 4.92. The van der Waals surface area contributed by atoms with Gasteiger partial charge in [0.1, 0.15) is 0 Å². The quantitative estimate of drug-likeness (QED) is 0.777. The third-order valence-corrected chi connectivity index (χ3v) is 5.49. The van der Waals surface area contributed by atoms with Gasteiger partial charge >= 0.3 is 0 Å². The van der Waals surface area contributed by atoms with Crippen LogP contribution in [0, 0.1) is 11.8 Å². The first-order valence-corrected chi connectivity index (χ1v) is 8.36. The summed E-state index contributed by atoms with van der Waals surface area (Å²) >= 11 is 0. The molecular weight excluding hydrogens is 236 g/mol. The molecule has 3 nitrogen and oxygen atoms in total. The van der Waals surface area contributed by atoms with Crippen LogP contribution in [0.4, 0.5) is 0 Å². The molecule has 1 saturated carbocycles. The first-order chi connectivity index (χ1) is 9.30. The standard InChI is InChI=1S/C16H32N2O/c1-2-13-7-8-14(12-17)16(11-13)18-9-3-5-15(18)6-4-10-19/h13-16,19H,2-12,17H2,1H3. The lowest BCUT2D eigenvalue weighted by molar-refractivity contribution is 0.0653. The fourth-order valence-corrected chi connectivity index (χ4v) is 4.28. The topological polar surface area (TPSA) is 49.5 Å². The van der Waals surface area contributed by atoms with Crippen molar-refractivity contribution >= 4 is 0 Å². The van der Waals surface area contributed by atoms with E-state index in [1.54, 1.807) is 0 Å². The lowest BCUT2D eigenvalue weighted by atomic mass is 9.76. The molecule has 2 fully saturated rings. The van der Waals surface area contributed by atoms with E-state index in [1.165, 1.54) is 51.5 Å². The molecule has 0 aromatic rings. The van der Waals surface area contributed by atoms with Crippen LogP contribution in [0.3, 0.4) is 0 Å². The summed E-state index contributed by atoms with van der Waals surface area (Å²) in [4.78, 5) is 2.76. The molecule has 2 aliphatic rings. The van der Waals surface area contributed by atoms with Crippen LogP contribution in [-0.2, 0) is 0 Å². The minimum absolute atomic E-state index is 0.340. The van der Waals surface area contributed by atoms with E-state index >= 15 is 0 Å². The van der Waals surface area contributed by atoms with Gasteiger partial charge in [0.2, 0.25) is 0 Å². The summed E-state index contributed by atoms with van der Waals surface area (Å²) in [6.07, 6.45) is 10.2. The zero-order chi connectivity index (χ0) is 13.7. The number of nitrogens with zero attached hydrogens (tertiary/aromatic N) is 1. The predicted molar refractivity (Wildman–Crippen MR) is 80.0 cm³/mol. The van der Waals surface area contributed by atoms with Crippen molar-refractivity contribution in [3.05, 3.63) is 0 Å². The number of hydrogen-bond donors (Lipinski definition) is 2. The van der Waals surface area contributed by atoms with Crippen molar-refractivity contribution in [3.8, 4) is 0 Å². The van der Waals surface area contributed by atoms with Gasteiger partial charge < -0.3 is 10.8 Å². The summed E-state index contributed by atoms with van der Waals surface area (Å²) in [7, 11) is 0. The number of hydrogen-bond acceptors (Lipinski definition) is 3. The smallest absolute Gasteiger partial charge is 0.0431 e. The molecule has 0 radical (unpaired) electrons. The van der Waals surface area contributed by atoms with Gasteiger partial charge in [-0.1, -0.05) is 19.8 Å². The van der Waals surface area contributed by atoms with Gasteiger partial charge in [-0.25, -0.2) is 0 Å². The molecule has 1 saturated heterocycles. The van der Waals surface area contributed by atoms with Crippen molar-refractivity contribution in [1.29, 1.82) is 0 Å². The van der Waals surface area contributed by atoms with Crippen LogP contribution in [0.2, 0.25) is 0 Å². The van der Waals surface area contributed by atoms with E-state index in [0.29, 0.717) is 18.6 Å². The molecule has 3 N–H and O–H groups in total. The second kappa shape index (κ2) is 7.61. The van der Waals surface area contributed by atoms with E-state index in [2.05, 4.69) is 11.8 Å². The second-order valence-corrected chi connectivity index (χ2v) is 6.55. The Bertz CT molecular complexity index is 259. The Morgan fingerprint density at radius 2 is 2.11 bits per heavy atom. The van der Waals surface area contributed by atoms with E-state index in [9.17, 15) is 0 Å². The van der Waals surface area contributed by atoms with Crippen molar-refractivity contribution in [2.24, 2.45) is 17.6 Å². The van der Waals surface area contributed by atoms with Gasteiger partial charge in [0, 0.05) is 18.7 Å². The van der Waals surface area contributed by atoms with Crippen LogP contribution >= 0.6 is 0 Å². The summed E-state index contributed by atoms with van der Waals surface area (Å²) < 4.78 is 0. The molecule has 1 aliphatic heterocycles. The van der Waals surface area contributed by atoms with Gasteiger partial charge in [0.25, 0.3) is 0 Å². The third kappa shape index (κ3) is 3.71. The number of rotatable bonds is 6. The molecule has 0 aromatic carbocycles. The average Bonchev–Trinajstić information content (AvgIpc) is 2.92. The minimum atomic E-state index is 0.340. The summed E-state index contributed by atoms with van der Waals surface area (Å²) in [6.45, 7) is 4.78. The van der Waals surface area contributed by atoms with Crippen LogP contribution in [-0.4, -0.2) is 41.8 Å². The molecule has 1 aliphatic carbocycles. The van der Waals surface area contributed by atoms with Crippen LogP contribution < -0.4 is 5.73 Å². The van der Waals surface area contributed by atoms with Gasteiger partial charge in [-0.15, -0.1) is 0 Å². The lowest BCUT2D eigenvalue weighted by Gasteiger charge is -2.43. The maximum absolute atomic E-state index is 9.06. The highest BCUT2D eigenvalue weighted by atomic mass is 16.2. The lowest BCUT2D eigenvalue weighted by Crippen LogP contribution is -2.48. The third-order valence-electron chi connectivity index (χ3n) is 5.49. The first kappa shape index (κ1) is 15.3. The molecule has 19 heavy (non-hydrogen) atoms. The molecular formula is C16H32N2O. The average molecular weight is 268 g/mol. The number of aliphatic hydroxyl groups excluding tert-OH is 1. The van der Waals surface area contributed by atoms with E-state index < -0.39 is 0 Å². The van der Waals surface area contributed by atoms with Crippen molar-refractivity contribution in [2.45, 2.75) is 70.4 Å². The van der Waals surface area contributed by atoms with Gasteiger partial charge in [-0.2, -0.15) is 0 Å². The molecule has 0 amide bonds. The Morgan fingerprint density at radius 3 is 2.79 bits per heavy atom. The molecule has 4 unspecified atom stereocenters. The zero-order valence-electron chi connectivity index (χ0n) is 12.6. The Kier molecular flexibility index (Phi) is 6.11. The van der Waals surface area contributed by atoms with Crippen molar-refractivity contribution < 1.29 is 5.11 Å². The SMILES string of the molecule is CCC1CCC(CN)C(N2CCCC2CCCO)C1. The summed E-state index contributed by atoms with van der Waals surface area (Å²) in [5, 5.41) is 9.06. The number of likely N-dealkylation sites (tertiary alicyclic amines) is 1. The molecule has 3 heteroatoms. The first-order valence-electron chi connectivity index (χ1n) is 8.36. The van der Waals surface area contributed by atoms with Gasteiger partial charge in [0.15, 0.2) is 0 Å². The predicted octanol–water partition coefficient (Wildman–Crippen LogP) is 2.38. The normalized spacial score (nSPS) is 36.8. The molecule has 0 aromatic heterocycles. The van der Waals surface area contributed by atoms with Crippen molar-refractivity contribution in [3.63, 3.8) is 0 Å². The molecule has 2 rings (SSSR count). The van der Waals surface area contributed by atoms with Crippen molar-refractivity contribution in [1.82, 2.24) is 4.90 Å². The van der Waals surface area contributed by atoms with Crippen LogP contribution in [0.1, 0.15) is 58.3 Å². The van der Waals surface area contributed by atoms with Crippen LogP contribution in [0.25, 0.3) is 0 Å². The molecule has 1 heterocycles. The van der Waals surface area contributed by atoms with Crippen LogP contribution in [0.5, 0.6) is 0 Å². The maximum Gasteiger partial charge on any atom is 0.0431 e. The minimum Gasteiger partial charge on any atom is -0.396 e. The van der Waals surface area contributed by atoms with Gasteiger partial charge in [-0.05, 0) is 63.5 Å². The summed E-state index contributed by atoms with van der Waals surface area (Å²) in [5.74, 6) is 1.62. The Balaban J connectivity index is 1.98. The van der Waals surface area contributed by atoms with E-state index in [-0.39, 0.29) is 0 Å². The van der Waals surface area contributed by atoms with E-state index in [4.69, 9.17) is 10.8 Å². The second-order valence-electron chi connectivity index (χ2n) is 6.55. The van der Waals surface area contributed by atoms with E-state index in [0.717, 1.165) is 24.9 Å². The summed E-state index contributed by atoms with van der Waals surface area (Å²) in [5.41, 5.74) is 6.03. The summed E-state index contributed by atoms with van der Waals surface area (Å²) in [6, 6.07) is 1.43. The van der Waals surface area contributed by atoms with Crippen LogP contribution in [0.15, 0.2) is 0 Å². The Hall–Kier alpha value is -0.120. The largest absolute Gasteiger partial charge is 0.396 e. The van der Waals surface area contributed by atoms with Gasteiger partial charge in [0.05, 0.1) is 0 Å². The maximum atomic E-state index is 9.06. The highest BCUT2D eigenvalue weighted by Gasteiger charge is 2.37. The zero-order valence-corrected chi connectivity index (χ0v) is 12.6. The van der Waals surface area contributed by atoms with Crippen molar-refractivity contribution in [2.75, 3.05) is 19.7 Å². The molecule has 0 bridgehead atoms. The monoisotopic (exact) mass is 268 g/mol. The fourth-order valence-electron chi connectivity index (χ4n) is 4.28. The Morgan fingerprint density at radius 1 is 1.26 bits per heavy atom. The Labute approximate surface area is 118 Å². The number of nitrogens with two attached hydrogens (primary N) is 1. The molecule has 0 spiro atoms. The fraction of sp³-hybridized carbons (Fsp3) is 1.00. The molecule has 4 atom stereocenters.